The molecule has 2 amide bonds. The van der Waals surface area contributed by atoms with Crippen molar-refractivity contribution in [3.63, 3.8) is 0 Å². The summed E-state index contributed by atoms with van der Waals surface area (Å²) in [4.78, 5) is 48.7. The molecule has 40 heavy (non-hydrogen) atoms. The van der Waals surface area contributed by atoms with Crippen LogP contribution in [0.4, 0.5) is 0 Å². The second kappa shape index (κ2) is 16.6. The molecule has 2 aliphatic carbocycles. The Morgan fingerprint density at radius 2 is 1.77 bits per heavy atom. The normalized spacial score (nSPS) is 18.1. The van der Waals surface area contributed by atoms with E-state index in [-0.39, 0.29) is 51.3 Å². The van der Waals surface area contributed by atoms with E-state index in [1.165, 1.54) is 18.6 Å². The first-order valence-electron chi connectivity index (χ1n) is 15.0. The molecule has 0 aromatic carbocycles. The second-order valence-corrected chi connectivity index (χ2v) is 11.8. The molecule has 0 bridgehead atoms. The number of rotatable bonds is 13. The number of aliphatic hydroxyl groups is 1. The van der Waals surface area contributed by atoms with E-state index in [1.54, 1.807) is 11.8 Å². The number of carbonyl (C=O) groups excluding carboxylic acids is 3. The molecule has 0 aliphatic heterocycles. The third-order valence-corrected chi connectivity index (χ3v) is 7.54. The monoisotopic (exact) mass is 565 g/mol. The maximum absolute atomic E-state index is 13.7. The molecule has 2 fully saturated rings. The number of aromatic nitrogens is 2. The molecule has 0 spiro atoms. The molecule has 10 heteroatoms. The predicted octanol–water partition coefficient (Wildman–Crippen LogP) is 4.19. The summed E-state index contributed by atoms with van der Waals surface area (Å²) in [6.45, 7) is 12.7. The molecule has 1 heterocycles. The molecule has 0 radical (unpaired) electrons. The highest BCUT2D eigenvalue weighted by atomic mass is 16.5. The number of esters is 1. The van der Waals surface area contributed by atoms with E-state index in [1.807, 2.05) is 34.6 Å². The second-order valence-electron chi connectivity index (χ2n) is 11.8. The van der Waals surface area contributed by atoms with Gasteiger partial charge in [0, 0.05) is 34.3 Å². The van der Waals surface area contributed by atoms with Gasteiger partial charge in [-0.05, 0) is 49.9 Å². The third-order valence-electron chi connectivity index (χ3n) is 7.54. The van der Waals surface area contributed by atoms with Crippen molar-refractivity contribution in [1.82, 2.24) is 25.5 Å². The summed E-state index contributed by atoms with van der Waals surface area (Å²) in [6.07, 6.45) is 10.7. The van der Waals surface area contributed by atoms with Crippen LogP contribution >= 0.6 is 0 Å². The number of amides is 2. The van der Waals surface area contributed by atoms with Crippen LogP contribution in [0.1, 0.15) is 106 Å². The standard InChI is InChI=1S/C28H45N5O5.C2H6.2H2/c1-5-38-24(35)18-33(17-19-11-12-19)23(34)15-22(28(2,3)4)31-27(37)25(20-9-7-6-8-10-20)32-26(36)21-16-29-13-14-30-21;1-2;;/h13-14,16,19-20,22-23,25,34H,5-12,15,17-18H2,1-4H3,(H,31,37)(H,32,36);1-2H3;2*1H/t22-,23?,25+;;;/m1.../s1. The zero-order chi connectivity index (χ0) is 29.7. The lowest BCUT2D eigenvalue weighted by atomic mass is 9.81. The maximum Gasteiger partial charge on any atom is 0.320 e. The van der Waals surface area contributed by atoms with Crippen molar-refractivity contribution in [2.75, 3.05) is 19.7 Å². The van der Waals surface area contributed by atoms with Gasteiger partial charge in [-0.25, -0.2) is 4.98 Å². The van der Waals surface area contributed by atoms with Gasteiger partial charge < -0.3 is 20.5 Å². The lowest BCUT2D eigenvalue weighted by molar-refractivity contribution is -0.148. The maximum atomic E-state index is 13.7. The fourth-order valence-corrected chi connectivity index (χ4v) is 5.04. The van der Waals surface area contributed by atoms with E-state index in [4.69, 9.17) is 4.74 Å². The van der Waals surface area contributed by atoms with Crippen LogP contribution in [-0.2, 0) is 14.3 Å². The summed E-state index contributed by atoms with van der Waals surface area (Å²) in [5.41, 5.74) is -0.212. The SMILES string of the molecule is CC.CCOC(=O)CN(CC1CC1)C(O)C[C@@H](NC(=O)[C@@H](NC(=O)c1cnccn1)C1CCCCC1)C(C)(C)C.[HH].[HH]. The Morgan fingerprint density at radius 3 is 2.33 bits per heavy atom. The predicted molar refractivity (Wildman–Crippen MR) is 158 cm³/mol. The Labute approximate surface area is 243 Å². The molecule has 1 unspecified atom stereocenters. The lowest BCUT2D eigenvalue weighted by Crippen LogP contribution is -2.57. The fourth-order valence-electron chi connectivity index (χ4n) is 5.04. The van der Waals surface area contributed by atoms with Crippen LogP contribution in [0.25, 0.3) is 0 Å². The first-order valence-corrected chi connectivity index (χ1v) is 15.0. The number of nitrogens with one attached hydrogen (secondary N) is 2. The molecular formula is C30H55N5O5. The molecule has 3 atom stereocenters. The van der Waals surface area contributed by atoms with Crippen LogP contribution in [0.2, 0.25) is 0 Å². The van der Waals surface area contributed by atoms with Crippen LogP contribution in [0, 0.1) is 17.3 Å². The number of ether oxygens (including phenoxy) is 1. The zero-order valence-corrected chi connectivity index (χ0v) is 25.3. The summed E-state index contributed by atoms with van der Waals surface area (Å²) < 4.78 is 5.12. The van der Waals surface area contributed by atoms with Gasteiger partial charge in [0.05, 0.1) is 19.3 Å². The Hall–Kier alpha value is -2.59. The number of hydrogen-bond donors (Lipinski definition) is 3. The summed E-state index contributed by atoms with van der Waals surface area (Å²) in [6, 6.07) is -1.11. The first kappa shape index (κ1) is 33.6. The van der Waals surface area contributed by atoms with E-state index in [0.717, 1.165) is 44.9 Å². The fraction of sp³-hybridized carbons (Fsp3) is 0.767. The van der Waals surface area contributed by atoms with Crippen LogP contribution in [-0.4, -0.2) is 75.8 Å². The molecule has 10 nitrogen and oxygen atoms in total. The molecule has 0 saturated heterocycles. The summed E-state index contributed by atoms with van der Waals surface area (Å²) in [5.74, 6) is -0.576. The molecule has 3 N–H and O–H groups in total. The van der Waals surface area contributed by atoms with Crippen molar-refractivity contribution in [2.45, 2.75) is 111 Å². The highest BCUT2D eigenvalue weighted by Gasteiger charge is 2.37. The van der Waals surface area contributed by atoms with E-state index >= 15 is 0 Å². The molecule has 1 aromatic rings. The third kappa shape index (κ3) is 11.1. The van der Waals surface area contributed by atoms with Crippen LogP contribution in [0.3, 0.4) is 0 Å². The minimum Gasteiger partial charge on any atom is -0.465 e. The highest BCUT2D eigenvalue weighted by Crippen LogP contribution is 2.32. The van der Waals surface area contributed by atoms with Gasteiger partial charge in [-0.15, -0.1) is 0 Å². The molecule has 230 valence electrons. The van der Waals surface area contributed by atoms with Crippen LogP contribution in [0.15, 0.2) is 18.6 Å². The van der Waals surface area contributed by atoms with Crippen LogP contribution in [0.5, 0.6) is 0 Å². The Morgan fingerprint density at radius 1 is 1.10 bits per heavy atom. The van der Waals surface area contributed by atoms with Gasteiger partial charge in [0.2, 0.25) is 5.91 Å². The van der Waals surface area contributed by atoms with Crippen molar-refractivity contribution in [3.8, 4) is 0 Å². The van der Waals surface area contributed by atoms with Crippen molar-refractivity contribution >= 4 is 17.8 Å². The summed E-state index contributed by atoms with van der Waals surface area (Å²) in [7, 11) is 0. The van der Waals surface area contributed by atoms with Crippen molar-refractivity contribution in [2.24, 2.45) is 17.3 Å². The van der Waals surface area contributed by atoms with Gasteiger partial charge in [0.25, 0.3) is 5.91 Å². The minimum atomic E-state index is -0.924. The smallest absolute Gasteiger partial charge is 0.320 e. The number of aliphatic hydroxyl groups excluding tert-OH is 1. The molecule has 2 saturated carbocycles. The topological polar surface area (TPSA) is 134 Å². The Kier molecular flexibility index (Phi) is 14.0. The van der Waals surface area contributed by atoms with Gasteiger partial charge in [-0.2, -0.15) is 0 Å². The van der Waals surface area contributed by atoms with Crippen LogP contribution < -0.4 is 10.6 Å². The van der Waals surface area contributed by atoms with Crippen molar-refractivity contribution < 1.29 is 27.1 Å². The van der Waals surface area contributed by atoms with Gasteiger partial charge in [0.15, 0.2) is 0 Å². The van der Waals surface area contributed by atoms with Gasteiger partial charge in [-0.3, -0.25) is 24.3 Å². The Balaban J connectivity index is 0.00000411. The van der Waals surface area contributed by atoms with E-state index in [9.17, 15) is 19.5 Å². The molecular weight excluding hydrogens is 510 g/mol. The number of carbonyl (C=O) groups is 3. The molecule has 2 aliphatic rings. The van der Waals surface area contributed by atoms with Gasteiger partial charge in [0.1, 0.15) is 18.0 Å². The van der Waals surface area contributed by atoms with Crippen molar-refractivity contribution in [3.05, 3.63) is 24.3 Å². The lowest BCUT2D eigenvalue weighted by Gasteiger charge is -2.38. The summed E-state index contributed by atoms with van der Waals surface area (Å²) in [5, 5.41) is 17.3. The summed E-state index contributed by atoms with van der Waals surface area (Å²) >= 11 is 0. The molecule has 1 aromatic heterocycles. The van der Waals surface area contributed by atoms with Gasteiger partial charge in [-0.1, -0.05) is 53.9 Å². The van der Waals surface area contributed by atoms with Gasteiger partial charge >= 0.3 is 5.97 Å². The highest BCUT2D eigenvalue weighted by molar-refractivity contribution is 5.96. The van der Waals surface area contributed by atoms with E-state index in [2.05, 4.69) is 20.6 Å². The number of hydrogen-bond acceptors (Lipinski definition) is 8. The first-order chi connectivity index (χ1) is 19.1. The van der Waals surface area contributed by atoms with Crippen molar-refractivity contribution in [1.29, 1.82) is 0 Å². The Bertz CT molecular complexity index is 924. The average molecular weight is 566 g/mol. The number of nitrogens with zero attached hydrogens (tertiary/aromatic N) is 3. The largest absolute Gasteiger partial charge is 0.465 e. The van der Waals surface area contributed by atoms with E-state index < -0.39 is 24.2 Å². The average Bonchev–Trinajstić information content (AvgIpc) is 3.76. The quantitative estimate of drug-likeness (QED) is 0.240. The zero-order valence-electron chi connectivity index (χ0n) is 25.3. The molecule has 3 rings (SSSR count). The minimum absolute atomic E-state index is 0. The van der Waals surface area contributed by atoms with E-state index in [0.29, 0.717) is 12.5 Å².